The number of anilines is 1. The van der Waals surface area contributed by atoms with Crippen LogP contribution in [0.2, 0.25) is 0 Å². The minimum atomic E-state index is 0.229. The van der Waals surface area contributed by atoms with Gasteiger partial charge in [-0.3, -0.25) is 0 Å². The van der Waals surface area contributed by atoms with Crippen LogP contribution in [0.4, 0.5) is 6.01 Å². The summed E-state index contributed by atoms with van der Waals surface area (Å²) < 4.78 is 11.2. The number of rotatable bonds is 2. The molecule has 4 nitrogen and oxygen atoms in total. The zero-order chi connectivity index (χ0) is 13.4. The van der Waals surface area contributed by atoms with E-state index in [1.165, 1.54) is 5.56 Å². The molecule has 0 radical (unpaired) electrons. The summed E-state index contributed by atoms with van der Waals surface area (Å²) in [5.74, 6) is 2.04. The highest BCUT2D eigenvalue weighted by molar-refractivity contribution is 5.64. The molecule has 0 aliphatic carbocycles. The average Bonchev–Trinajstić information content (AvgIpc) is 2.80. The summed E-state index contributed by atoms with van der Waals surface area (Å²) in [5, 5.41) is 0. The molecule has 1 aromatic carbocycles. The lowest BCUT2D eigenvalue weighted by molar-refractivity contribution is 0.288. The largest absolute Gasteiger partial charge is 0.493 e. The van der Waals surface area contributed by atoms with E-state index in [-0.39, 0.29) is 11.9 Å². The second-order valence-electron chi connectivity index (χ2n) is 5.20. The molecule has 2 N–H and O–H groups in total. The predicted molar refractivity (Wildman–Crippen MR) is 74.3 cm³/mol. The molecule has 1 aromatic heterocycles. The lowest BCUT2D eigenvalue weighted by atomic mass is 9.99. The second kappa shape index (κ2) is 4.61. The van der Waals surface area contributed by atoms with Gasteiger partial charge >= 0.3 is 0 Å². The van der Waals surface area contributed by atoms with Crippen molar-refractivity contribution in [1.82, 2.24) is 4.98 Å². The Balaban J connectivity index is 2.07. The van der Waals surface area contributed by atoms with Gasteiger partial charge in [-0.05, 0) is 42.5 Å². The second-order valence-corrected chi connectivity index (χ2v) is 5.20. The molecule has 0 amide bonds. The SMILES string of the molecule is CC(C)c1nc(N)oc1-c1ccc2c(c1)CCCO2. The van der Waals surface area contributed by atoms with E-state index in [1.807, 2.05) is 12.1 Å². The number of nitrogens with two attached hydrogens (primary N) is 1. The molecule has 0 spiro atoms. The van der Waals surface area contributed by atoms with Crippen molar-refractivity contribution in [2.24, 2.45) is 0 Å². The van der Waals surface area contributed by atoms with Crippen LogP contribution in [0.15, 0.2) is 22.6 Å². The molecule has 0 saturated carbocycles. The van der Waals surface area contributed by atoms with Crippen LogP contribution in [0.25, 0.3) is 11.3 Å². The normalized spacial score (nSPS) is 14.3. The molecule has 4 heteroatoms. The molecule has 2 heterocycles. The van der Waals surface area contributed by atoms with Crippen molar-refractivity contribution in [2.75, 3.05) is 12.3 Å². The maximum atomic E-state index is 5.69. The third kappa shape index (κ3) is 2.18. The Bertz CT molecular complexity index is 602. The molecule has 2 aromatic rings. The number of ether oxygens (including phenoxy) is 1. The molecule has 0 bridgehead atoms. The van der Waals surface area contributed by atoms with E-state index in [9.17, 15) is 0 Å². The predicted octanol–water partition coefficient (Wildman–Crippen LogP) is 3.37. The van der Waals surface area contributed by atoms with Crippen LogP contribution in [0.5, 0.6) is 5.75 Å². The molecule has 100 valence electrons. The Morgan fingerprint density at radius 2 is 2.16 bits per heavy atom. The Morgan fingerprint density at radius 1 is 1.32 bits per heavy atom. The fourth-order valence-corrected chi connectivity index (χ4v) is 2.45. The van der Waals surface area contributed by atoms with E-state index in [1.54, 1.807) is 0 Å². The Kier molecular flexibility index (Phi) is 2.93. The number of aryl methyl sites for hydroxylation is 1. The van der Waals surface area contributed by atoms with Crippen LogP contribution in [0.1, 0.15) is 37.4 Å². The zero-order valence-electron chi connectivity index (χ0n) is 11.3. The quantitative estimate of drug-likeness (QED) is 0.897. The average molecular weight is 258 g/mol. The number of fused-ring (bicyclic) bond motifs is 1. The highest BCUT2D eigenvalue weighted by Gasteiger charge is 2.19. The van der Waals surface area contributed by atoms with Gasteiger partial charge in [-0.1, -0.05) is 13.8 Å². The molecule has 0 unspecified atom stereocenters. The highest BCUT2D eigenvalue weighted by Crippen LogP contribution is 2.34. The first kappa shape index (κ1) is 12.1. The smallest absolute Gasteiger partial charge is 0.292 e. The fraction of sp³-hybridized carbons (Fsp3) is 0.400. The molecule has 1 aliphatic heterocycles. The van der Waals surface area contributed by atoms with Gasteiger partial charge in [0.1, 0.15) is 5.75 Å². The number of oxazole rings is 1. The zero-order valence-corrected chi connectivity index (χ0v) is 11.3. The number of hydrogen-bond acceptors (Lipinski definition) is 4. The summed E-state index contributed by atoms with van der Waals surface area (Å²) in [6, 6.07) is 6.37. The first-order chi connectivity index (χ1) is 9.15. The van der Waals surface area contributed by atoms with Crippen LogP contribution in [-0.4, -0.2) is 11.6 Å². The van der Waals surface area contributed by atoms with Crippen LogP contribution in [-0.2, 0) is 6.42 Å². The van der Waals surface area contributed by atoms with Crippen molar-refractivity contribution in [3.8, 4) is 17.1 Å². The van der Waals surface area contributed by atoms with Crippen LogP contribution in [0.3, 0.4) is 0 Å². The van der Waals surface area contributed by atoms with E-state index >= 15 is 0 Å². The Morgan fingerprint density at radius 3 is 2.95 bits per heavy atom. The van der Waals surface area contributed by atoms with Gasteiger partial charge in [-0.2, -0.15) is 4.98 Å². The van der Waals surface area contributed by atoms with Gasteiger partial charge in [0.15, 0.2) is 5.76 Å². The number of benzene rings is 1. The molecular weight excluding hydrogens is 240 g/mol. The fourth-order valence-electron chi connectivity index (χ4n) is 2.45. The van der Waals surface area contributed by atoms with E-state index in [4.69, 9.17) is 14.9 Å². The Hall–Kier alpha value is -1.97. The van der Waals surface area contributed by atoms with Gasteiger partial charge in [0.2, 0.25) is 0 Å². The van der Waals surface area contributed by atoms with Crippen molar-refractivity contribution >= 4 is 6.01 Å². The van der Waals surface area contributed by atoms with Gasteiger partial charge < -0.3 is 14.9 Å². The van der Waals surface area contributed by atoms with Gasteiger partial charge in [0, 0.05) is 5.56 Å². The van der Waals surface area contributed by atoms with Crippen LogP contribution >= 0.6 is 0 Å². The lowest BCUT2D eigenvalue weighted by Gasteiger charge is -2.17. The summed E-state index contributed by atoms with van der Waals surface area (Å²) in [4.78, 5) is 4.28. The van der Waals surface area contributed by atoms with Crippen molar-refractivity contribution < 1.29 is 9.15 Å². The lowest BCUT2D eigenvalue weighted by Crippen LogP contribution is -2.08. The summed E-state index contributed by atoms with van der Waals surface area (Å²) in [6.45, 7) is 4.98. The topological polar surface area (TPSA) is 61.3 Å². The van der Waals surface area contributed by atoms with Crippen LogP contribution in [0, 0.1) is 0 Å². The van der Waals surface area contributed by atoms with Crippen molar-refractivity contribution in [2.45, 2.75) is 32.6 Å². The molecule has 0 saturated heterocycles. The number of nitrogens with zero attached hydrogens (tertiary/aromatic N) is 1. The minimum Gasteiger partial charge on any atom is -0.493 e. The maximum Gasteiger partial charge on any atom is 0.292 e. The highest BCUT2D eigenvalue weighted by atomic mass is 16.5. The first-order valence-corrected chi connectivity index (χ1v) is 6.67. The summed E-state index contributed by atoms with van der Waals surface area (Å²) >= 11 is 0. The molecule has 3 rings (SSSR count). The molecule has 0 fully saturated rings. The van der Waals surface area contributed by atoms with E-state index in [2.05, 4.69) is 24.9 Å². The third-order valence-electron chi connectivity index (χ3n) is 3.39. The molecule has 1 aliphatic rings. The monoisotopic (exact) mass is 258 g/mol. The summed E-state index contributed by atoms with van der Waals surface area (Å²) in [6.07, 6.45) is 2.11. The Labute approximate surface area is 112 Å². The van der Waals surface area contributed by atoms with E-state index in [0.29, 0.717) is 0 Å². The molecular formula is C15H18N2O2. The first-order valence-electron chi connectivity index (χ1n) is 6.67. The van der Waals surface area contributed by atoms with Gasteiger partial charge in [0.25, 0.3) is 6.01 Å². The van der Waals surface area contributed by atoms with Crippen molar-refractivity contribution in [1.29, 1.82) is 0 Å². The third-order valence-corrected chi connectivity index (χ3v) is 3.39. The van der Waals surface area contributed by atoms with E-state index < -0.39 is 0 Å². The van der Waals surface area contributed by atoms with E-state index in [0.717, 1.165) is 42.2 Å². The number of hydrogen-bond donors (Lipinski definition) is 1. The van der Waals surface area contributed by atoms with Crippen molar-refractivity contribution in [3.05, 3.63) is 29.5 Å². The summed E-state index contributed by atoms with van der Waals surface area (Å²) in [7, 11) is 0. The summed E-state index contributed by atoms with van der Waals surface area (Å²) in [5.41, 5.74) is 8.86. The molecule has 19 heavy (non-hydrogen) atoms. The van der Waals surface area contributed by atoms with Crippen molar-refractivity contribution in [3.63, 3.8) is 0 Å². The maximum absolute atomic E-state index is 5.69. The van der Waals surface area contributed by atoms with Gasteiger partial charge in [0.05, 0.1) is 12.3 Å². The van der Waals surface area contributed by atoms with Gasteiger partial charge in [-0.15, -0.1) is 0 Å². The van der Waals surface area contributed by atoms with Crippen LogP contribution < -0.4 is 10.5 Å². The molecule has 0 atom stereocenters. The standard InChI is InChI=1S/C15H18N2O2/c1-9(2)13-14(19-15(16)17-13)11-5-6-12-10(8-11)4-3-7-18-12/h5-6,8-9H,3-4,7H2,1-2H3,(H2,16,17). The minimum absolute atomic E-state index is 0.229. The number of aromatic nitrogens is 1. The number of nitrogen functional groups attached to an aromatic ring is 1. The van der Waals surface area contributed by atoms with Gasteiger partial charge in [-0.25, -0.2) is 0 Å².